The van der Waals surface area contributed by atoms with Gasteiger partial charge >= 0.3 is 5.97 Å². The van der Waals surface area contributed by atoms with Crippen LogP contribution >= 0.6 is 0 Å². The van der Waals surface area contributed by atoms with Crippen LogP contribution in [0.2, 0.25) is 0 Å². The third kappa shape index (κ3) is 6.26. The summed E-state index contributed by atoms with van der Waals surface area (Å²) in [6.07, 6.45) is -0.960. The van der Waals surface area contributed by atoms with Crippen molar-refractivity contribution in [2.75, 3.05) is 27.9 Å². The highest BCUT2D eigenvalue weighted by atomic mass is 19.1. The van der Waals surface area contributed by atoms with Crippen LogP contribution in [0.4, 0.5) is 4.39 Å². The smallest absolute Gasteiger partial charge is 0.347 e. The van der Waals surface area contributed by atoms with Gasteiger partial charge in [0.15, 0.2) is 24.2 Å². The molecule has 0 spiro atoms. The van der Waals surface area contributed by atoms with Crippen LogP contribution in [0.25, 0.3) is 0 Å². The van der Waals surface area contributed by atoms with Gasteiger partial charge in [-0.3, -0.25) is 4.79 Å². The lowest BCUT2D eigenvalue weighted by atomic mass is 10.1. The maximum absolute atomic E-state index is 12.9. The van der Waals surface area contributed by atoms with Crippen molar-refractivity contribution in [3.63, 3.8) is 0 Å². The summed E-state index contributed by atoms with van der Waals surface area (Å²) in [5, 5.41) is 2.64. The number of rotatable bonds is 10. The van der Waals surface area contributed by atoms with Crippen LogP contribution in [0, 0.1) is 5.82 Å². The number of ether oxygens (including phenoxy) is 5. The van der Waals surface area contributed by atoms with Crippen LogP contribution in [0.15, 0.2) is 36.4 Å². The van der Waals surface area contributed by atoms with E-state index < -0.39 is 30.4 Å². The number of carbonyl (C=O) groups excluding carboxylic acids is 2. The second-order valence-electron chi connectivity index (χ2n) is 6.13. The zero-order valence-electron chi connectivity index (χ0n) is 17.2. The molecule has 0 saturated carbocycles. The third-order valence-electron chi connectivity index (χ3n) is 4.02. The van der Waals surface area contributed by atoms with E-state index in [9.17, 15) is 14.0 Å². The van der Waals surface area contributed by atoms with Crippen LogP contribution in [-0.2, 0) is 20.9 Å². The molecule has 1 amide bonds. The lowest BCUT2D eigenvalue weighted by Gasteiger charge is -2.15. The van der Waals surface area contributed by atoms with E-state index in [1.807, 2.05) is 0 Å². The maximum Gasteiger partial charge on any atom is 0.347 e. The van der Waals surface area contributed by atoms with Crippen molar-refractivity contribution in [3.05, 3.63) is 47.8 Å². The van der Waals surface area contributed by atoms with Gasteiger partial charge in [0.25, 0.3) is 5.91 Å². The predicted molar refractivity (Wildman–Crippen MR) is 105 cm³/mol. The SMILES string of the molecule is COc1cc(CNC(=O)COC(=O)[C@@H](C)Oc2ccc(F)cc2)cc(OC)c1OC. The first-order chi connectivity index (χ1) is 14.4. The van der Waals surface area contributed by atoms with Crippen molar-refractivity contribution in [1.82, 2.24) is 5.32 Å². The summed E-state index contributed by atoms with van der Waals surface area (Å²) in [5.74, 6) is 0.0418. The third-order valence-corrected chi connectivity index (χ3v) is 4.02. The summed E-state index contributed by atoms with van der Waals surface area (Å²) >= 11 is 0. The molecule has 0 aliphatic carbocycles. The highest BCUT2D eigenvalue weighted by Gasteiger charge is 2.18. The molecule has 0 unspecified atom stereocenters. The van der Waals surface area contributed by atoms with Crippen molar-refractivity contribution >= 4 is 11.9 Å². The van der Waals surface area contributed by atoms with E-state index in [-0.39, 0.29) is 6.54 Å². The van der Waals surface area contributed by atoms with Crippen molar-refractivity contribution in [2.45, 2.75) is 19.6 Å². The molecule has 8 nitrogen and oxygen atoms in total. The first-order valence-corrected chi connectivity index (χ1v) is 9.02. The standard InChI is InChI=1S/C21H24FNO7/c1-13(30-16-7-5-15(22)6-8-16)21(25)29-12-19(24)23-11-14-9-17(26-2)20(28-4)18(10-14)27-3/h5-10,13H,11-12H2,1-4H3,(H,23,24)/t13-/m1/s1. The average Bonchev–Trinajstić information content (AvgIpc) is 2.76. The minimum atomic E-state index is -0.960. The second kappa shape index (κ2) is 10.9. The van der Waals surface area contributed by atoms with Gasteiger partial charge in [-0.15, -0.1) is 0 Å². The Labute approximate surface area is 173 Å². The number of halogens is 1. The summed E-state index contributed by atoms with van der Waals surface area (Å²) in [4.78, 5) is 24.0. The summed E-state index contributed by atoms with van der Waals surface area (Å²) in [6.45, 7) is 1.16. The van der Waals surface area contributed by atoms with Crippen molar-refractivity contribution < 1.29 is 37.7 Å². The molecule has 1 atom stereocenters. The summed E-state index contributed by atoms with van der Waals surface area (Å²) in [6, 6.07) is 8.61. The highest BCUT2D eigenvalue weighted by Crippen LogP contribution is 2.38. The van der Waals surface area contributed by atoms with Gasteiger partial charge in [-0.05, 0) is 48.9 Å². The fourth-order valence-electron chi connectivity index (χ4n) is 2.51. The van der Waals surface area contributed by atoms with Gasteiger partial charge in [0, 0.05) is 6.54 Å². The second-order valence-corrected chi connectivity index (χ2v) is 6.13. The van der Waals surface area contributed by atoms with E-state index >= 15 is 0 Å². The normalized spacial score (nSPS) is 11.2. The van der Waals surface area contributed by atoms with Gasteiger partial charge in [-0.1, -0.05) is 0 Å². The molecular weight excluding hydrogens is 397 g/mol. The van der Waals surface area contributed by atoms with Gasteiger partial charge in [0.2, 0.25) is 5.75 Å². The van der Waals surface area contributed by atoms with Crippen LogP contribution in [0.5, 0.6) is 23.0 Å². The fraction of sp³-hybridized carbons (Fsp3) is 0.333. The molecule has 0 saturated heterocycles. The largest absolute Gasteiger partial charge is 0.493 e. The minimum Gasteiger partial charge on any atom is -0.493 e. The molecule has 0 aliphatic heterocycles. The van der Waals surface area contributed by atoms with Crippen LogP contribution < -0.4 is 24.3 Å². The number of carbonyl (C=O) groups is 2. The van der Waals surface area contributed by atoms with Crippen LogP contribution in [0.1, 0.15) is 12.5 Å². The number of hydrogen-bond acceptors (Lipinski definition) is 7. The van der Waals surface area contributed by atoms with E-state index in [0.717, 1.165) is 0 Å². The highest BCUT2D eigenvalue weighted by molar-refractivity contribution is 5.82. The predicted octanol–water partition coefficient (Wildman–Crippen LogP) is 2.48. The van der Waals surface area contributed by atoms with E-state index in [1.165, 1.54) is 52.5 Å². The number of amides is 1. The Bertz CT molecular complexity index is 845. The van der Waals surface area contributed by atoms with E-state index in [2.05, 4.69) is 5.32 Å². The lowest BCUT2D eigenvalue weighted by Crippen LogP contribution is -2.32. The van der Waals surface area contributed by atoms with Crippen LogP contribution in [-0.4, -0.2) is 45.9 Å². The van der Waals surface area contributed by atoms with Gasteiger partial charge < -0.3 is 29.0 Å². The minimum absolute atomic E-state index is 0.161. The molecule has 30 heavy (non-hydrogen) atoms. The molecule has 2 rings (SSSR count). The molecule has 9 heteroatoms. The topological polar surface area (TPSA) is 92.3 Å². The Kier molecular flexibility index (Phi) is 8.28. The molecule has 0 radical (unpaired) electrons. The number of benzene rings is 2. The lowest BCUT2D eigenvalue weighted by molar-refractivity contribution is -0.154. The first-order valence-electron chi connectivity index (χ1n) is 9.02. The molecule has 0 heterocycles. The maximum atomic E-state index is 12.9. The summed E-state index contributed by atoms with van der Waals surface area (Å²) in [5.41, 5.74) is 0.706. The van der Waals surface area contributed by atoms with Crippen molar-refractivity contribution in [3.8, 4) is 23.0 Å². The molecule has 1 N–H and O–H groups in total. The quantitative estimate of drug-likeness (QED) is 0.589. The van der Waals surface area contributed by atoms with Crippen molar-refractivity contribution in [1.29, 1.82) is 0 Å². The monoisotopic (exact) mass is 421 g/mol. The molecule has 0 bridgehead atoms. The Hall–Kier alpha value is -3.49. The van der Waals surface area contributed by atoms with Gasteiger partial charge in [0.1, 0.15) is 11.6 Å². The first kappa shape index (κ1) is 22.8. The summed E-state index contributed by atoms with van der Waals surface area (Å²) in [7, 11) is 4.49. The number of hydrogen-bond donors (Lipinski definition) is 1. The average molecular weight is 421 g/mol. The molecule has 2 aromatic rings. The number of esters is 1. The molecule has 0 aliphatic rings. The Balaban J connectivity index is 1.84. The zero-order chi connectivity index (χ0) is 22.1. The fourth-order valence-corrected chi connectivity index (χ4v) is 2.51. The molecule has 0 fully saturated rings. The van der Waals surface area contributed by atoms with Crippen LogP contribution in [0.3, 0.4) is 0 Å². The van der Waals surface area contributed by atoms with Gasteiger partial charge in [-0.25, -0.2) is 9.18 Å². The summed E-state index contributed by atoms with van der Waals surface area (Å²) < 4.78 is 39.0. The van der Waals surface area contributed by atoms with Crippen molar-refractivity contribution in [2.24, 2.45) is 0 Å². The van der Waals surface area contributed by atoms with E-state index in [1.54, 1.807) is 12.1 Å². The molecular formula is C21H24FNO7. The van der Waals surface area contributed by atoms with Gasteiger partial charge in [0.05, 0.1) is 21.3 Å². The molecule has 2 aromatic carbocycles. The zero-order valence-corrected chi connectivity index (χ0v) is 17.2. The Morgan fingerprint density at radius 2 is 1.60 bits per heavy atom. The van der Waals surface area contributed by atoms with E-state index in [4.69, 9.17) is 23.7 Å². The van der Waals surface area contributed by atoms with Gasteiger partial charge in [-0.2, -0.15) is 0 Å². The van der Waals surface area contributed by atoms with E-state index in [0.29, 0.717) is 28.6 Å². The Morgan fingerprint density at radius 3 is 2.13 bits per heavy atom. The number of methoxy groups -OCH3 is 3. The Morgan fingerprint density at radius 1 is 1.00 bits per heavy atom. The number of nitrogens with one attached hydrogen (secondary N) is 1. The molecule has 162 valence electrons. The molecule has 0 aromatic heterocycles.